The monoisotopic (exact) mass is 295 g/mol. The molecule has 1 rings (SSSR count). The zero-order valence-corrected chi connectivity index (χ0v) is 12.8. The van der Waals surface area contributed by atoms with Crippen LogP contribution in [0.4, 0.5) is 0 Å². The van der Waals surface area contributed by atoms with E-state index in [1.54, 1.807) is 7.11 Å². The molecule has 1 amide bonds. The third kappa shape index (κ3) is 5.74. The van der Waals surface area contributed by atoms with Crippen molar-refractivity contribution in [1.29, 1.82) is 0 Å². The Hall–Kier alpha value is -1.35. The first kappa shape index (κ1) is 16.7. The van der Waals surface area contributed by atoms with Gasteiger partial charge in [0.1, 0.15) is 0 Å². The molecule has 20 heavy (non-hydrogen) atoms. The Bertz CT molecular complexity index is 485. The molecule has 0 atom stereocenters. The molecular weight excluding hydrogens is 274 g/mol. The summed E-state index contributed by atoms with van der Waals surface area (Å²) in [4.78, 5) is 13.5. The Morgan fingerprint density at radius 2 is 2.30 bits per heavy atom. The van der Waals surface area contributed by atoms with E-state index >= 15 is 0 Å². The van der Waals surface area contributed by atoms with Crippen molar-refractivity contribution >= 4 is 17.2 Å². The number of ether oxygens (including phenoxy) is 1. The van der Waals surface area contributed by atoms with E-state index in [0.717, 1.165) is 29.9 Å². The highest BCUT2D eigenvalue weighted by Crippen LogP contribution is 2.20. The fraction of sp³-hybridized carbons (Fsp3) is 0.533. The minimum atomic E-state index is -0.0503. The zero-order chi connectivity index (χ0) is 14.8. The van der Waals surface area contributed by atoms with Crippen LogP contribution in [0.3, 0.4) is 0 Å². The molecule has 0 bridgehead atoms. The predicted octanol–water partition coefficient (Wildman–Crippen LogP) is 1.95. The minimum absolute atomic E-state index is 0.0503. The summed E-state index contributed by atoms with van der Waals surface area (Å²) in [5.74, 6) is 5.81. The first-order chi connectivity index (χ1) is 9.69. The number of aryl methyl sites for hydroxylation is 1. The van der Waals surface area contributed by atoms with Crippen molar-refractivity contribution in [3.63, 3.8) is 0 Å². The lowest BCUT2D eigenvalue weighted by Crippen LogP contribution is -2.23. The highest BCUT2D eigenvalue weighted by atomic mass is 32.1. The molecule has 0 aliphatic rings. The summed E-state index contributed by atoms with van der Waals surface area (Å²) in [6.45, 7) is 3.38. The van der Waals surface area contributed by atoms with Crippen molar-refractivity contribution in [2.24, 2.45) is 0 Å². The number of hydrogen-bond donors (Lipinski definition) is 2. The van der Waals surface area contributed by atoms with Crippen molar-refractivity contribution in [1.82, 2.24) is 5.32 Å². The topological polar surface area (TPSA) is 58.6 Å². The van der Waals surface area contributed by atoms with Crippen molar-refractivity contribution in [3.8, 4) is 11.8 Å². The van der Waals surface area contributed by atoms with Crippen molar-refractivity contribution in [2.75, 3.05) is 26.9 Å². The number of unbranched alkanes of at least 4 members (excludes halogenated alkanes) is 1. The van der Waals surface area contributed by atoms with Gasteiger partial charge in [-0.1, -0.05) is 11.8 Å². The number of rotatable bonds is 7. The van der Waals surface area contributed by atoms with Crippen molar-refractivity contribution < 1.29 is 14.6 Å². The first-order valence-electron chi connectivity index (χ1n) is 6.66. The van der Waals surface area contributed by atoms with E-state index in [2.05, 4.69) is 17.2 Å². The normalized spacial score (nSPS) is 9.95. The molecule has 0 aliphatic heterocycles. The van der Waals surface area contributed by atoms with E-state index in [1.165, 1.54) is 11.3 Å². The number of methoxy groups -OCH3 is 1. The Morgan fingerprint density at radius 3 is 3.00 bits per heavy atom. The predicted molar refractivity (Wildman–Crippen MR) is 81.1 cm³/mol. The molecule has 0 spiro atoms. The fourth-order valence-electron chi connectivity index (χ4n) is 1.58. The average molecular weight is 295 g/mol. The molecule has 2 N–H and O–H groups in total. The molecule has 0 radical (unpaired) electrons. The summed E-state index contributed by atoms with van der Waals surface area (Å²) in [5.41, 5.74) is 1.00. The van der Waals surface area contributed by atoms with Gasteiger partial charge in [-0.2, -0.15) is 0 Å². The highest BCUT2D eigenvalue weighted by Gasteiger charge is 2.10. The number of aliphatic hydroxyl groups excluding tert-OH is 1. The summed E-state index contributed by atoms with van der Waals surface area (Å²) >= 11 is 1.39. The van der Waals surface area contributed by atoms with Crippen LogP contribution in [0.1, 0.15) is 39.4 Å². The second-order valence-corrected chi connectivity index (χ2v) is 5.41. The Kier molecular flexibility index (Phi) is 7.97. The number of amides is 1. The Balaban J connectivity index is 2.49. The van der Waals surface area contributed by atoms with Crippen LogP contribution in [0.2, 0.25) is 0 Å². The van der Waals surface area contributed by atoms with Gasteiger partial charge in [-0.3, -0.25) is 4.79 Å². The molecule has 110 valence electrons. The van der Waals surface area contributed by atoms with Crippen LogP contribution >= 0.6 is 11.3 Å². The lowest BCUT2D eigenvalue weighted by Gasteiger charge is -2.02. The second-order valence-electron chi connectivity index (χ2n) is 4.35. The van der Waals surface area contributed by atoms with Gasteiger partial charge in [-0.05, 0) is 31.4 Å². The SMILES string of the molecule is COCCCCNC(=O)c1cc(C)c(C#CCCO)s1. The first-order valence-corrected chi connectivity index (χ1v) is 7.48. The number of hydrogen-bond acceptors (Lipinski definition) is 4. The molecule has 0 aromatic carbocycles. The molecule has 0 saturated carbocycles. The molecule has 0 fully saturated rings. The maximum absolute atomic E-state index is 12.0. The van der Waals surface area contributed by atoms with Gasteiger partial charge in [0.05, 0.1) is 16.4 Å². The molecular formula is C15H21NO3S. The Labute approximate surface area is 124 Å². The smallest absolute Gasteiger partial charge is 0.261 e. The summed E-state index contributed by atoms with van der Waals surface area (Å²) < 4.78 is 4.96. The van der Waals surface area contributed by atoms with E-state index in [0.29, 0.717) is 17.8 Å². The molecule has 1 aromatic rings. The number of carbonyl (C=O) groups is 1. The highest BCUT2D eigenvalue weighted by molar-refractivity contribution is 7.14. The quantitative estimate of drug-likeness (QED) is 0.597. The van der Waals surface area contributed by atoms with Gasteiger partial charge in [0.2, 0.25) is 0 Å². The van der Waals surface area contributed by atoms with Gasteiger partial charge >= 0.3 is 0 Å². The average Bonchev–Trinajstić information content (AvgIpc) is 2.80. The lowest BCUT2D eigenvalue weighted by molar-refractivity contribution is 0.0955. The zero-order valence-electron chi connectivity index (χ0n) is 12.0. The summed E-state index contributed by atoms with van der Waals surface area (Å²) in [7, 11) is 1.67. The van der Waals surface area contributed by atoms with Crippen LogP contribution < -0.4 is 5.32 Å². The van der Waals surface area contributed by atoms with Gasteiger partial charge in [0.25, 0.3) is 5.91 Å². The summed E-state index contributed by atoms with van der Waals surface area (Å²) in [6, 6.07) is 1.86. The maximum atomic E-state index is 12.0. The lowest BCUT2D eigenvalue weighted by atomic mass is 10.2. The van der Waals surface area contributed by atoms with E-state index in [-0.39, 0.29) is 12.5 Å². The standard InChI is InChI=1S/C15H21NO3S/c1-12-11-14(20-13(12)7-3-5-9-17)15(18)16-8-4-6-10-19-2/h11,17H,4-6,8-10H2,1-2H3,(H,16,18). The molecule has 0 aliphatic carbocycles. The third-order valence-corrected chi connectivity index (χ3v) is 3.79. The second kappa shape index (κ2) is 9.54. The van der Waals surface area contributed by atoms with E-state index in [1.807, 2.05) is 13.0 Å². The van der Waals surface area contributed by atoms with Crippen LogP contribution in [0.15, 0.2) is 6.07 Å². The fourth-order valence-corrected chi connectivity index (χ4v) is 2.54. The number of carbonyl (C=O) groups excluding carboxylic acids is 1. The van der Waals surface area contributed by atoms with Gasteiger partial charge in [0, 0.05) is 26.7 Å². The molecule has 4 nitrogen and oxygen atoms in total. The van der Waals surface area contributed by atoms with E-state index in [4.69, 9.17) is 9.84 Å². The van der Waals surface area contributed by atoms with Gasteiger partial charge in [-0.15, -0.1) is 11.3 Å². The largest absolute Gasteiger partial charge is 0.395 e. The number of nitrogens with one attached hydrogen (secondary N) is 1. The summed E-state index contributed by atoms with van der Waals surface area (Å²) in [6.07, 6.45) is 2.31. The molecule has 1 aromatic heterocycles. The van der Waals surface area contributed by atoms with Crippen molar-refractivity contribution in [3.05, 3.63) is 21.4 Å². The van der Waals surface area contributed by atoms with Crippen molar-refractivity contribution in [2.45, 2.75) is 26.2 Å². The number of thiophene rings is 1. The van der Waals surface area contributed by atoms with Gasteiger partial charge in [-0.25, -0.2) is 0 Å². The van der Waals surface area contributed by atoms with Crippen LogP contribution in [0, 0.1) is 18.8 Å². The third-order valence-electron chi connectivity index (χ3n) is 2.64. The molecule has 0 unspecified atom stereocenters. The van der Waals surface area contributed by atoms with Gasteiger partial charge < -0.3 is 15.2 Å². The van der Waals surface area contributed by atoms with Gasteiger partial charge in [0.15, 0.2) is 0 Å². The Morgan fingerprint density at radius 1 is 1.50 bits per heavy atom. The number of aliphatic hydroxyl groups is 1. The molecule has 5 heteroatoms. The maximum Gasteiger partial charge on any atom is 0.261 e. The van der Waals surface area contributed by atoms with E-state index < -0.39 is 0 Å². The van der Waals surface area contributed by atoms with E-state index in [9.17, 15) is 4.79 Å². The minimum Gasteiger partial charge on any atom is -0.395 e. The van der Waals surface area contributed by atoms with Crippen LogP contribution in [-0.2, 0) is 4.74 Å². The molecule has 1 heterocycles. The van der Waals surface area contributed by atoms with Crippen LogP contribution in [-0.4, -0.2) is 37.9 Å². The van der Waals surface area contributed by atoms with Crippen LogP contribution in [0.5, 0.6) is 0 Å². The molecule has 0 saturated heterocycles. The summed E-state index contributed by atoms with van der Waals surface area (Å²) in [5, 5.41) is 11.6. The van der Waals surface area contributed by atoms with Crippen LogP contribution in [0.25, 0.3) is 0 Å².